The molecule has 0 saturated carbocycles. The summed E-state index contributed by atoms with van der Waals surface area (Å²) in [4.78, 5) is 27.3. The third-order valence-electron chi connectivity index (χ3n) is 5.58. The highest BCUT2D eigenvalue weighted by atomic mass is 32.2. The maximum atomic E-state index is 13.4. The Morgan fingerprint density at radius 3 is 2.19 bits per heavy atom. The number of benzene rings is 2. The quantitative estimate of drug-likeness (QED) is 0.471. The zero-order chi connectivity index (χ0) is 27.3. The highest BCUT2D eigenvalue weighted by molar-refractivity contribution is 7.92. The number of halogens is 4. The number of nitrogens with zero attached hydrogens (tertiary/aromatic N) is 2. The minimum atomic E-state index is -4.72. The topological polar surface area (TPSA) is 86.8 Å². The normalized spacial score (nSPS) is 13.6. The van der Waals surface area contributed by atoms with E-state index in [1.807, 2.05) is 6.92 Å². The first-order valence-electron chi connectivity index (χ1n) is 11.1. The molecular weight excluding hydrogens is 502 g/mol. The Morgan fingerprint density at radius 1 is 1.06 bits per heavy atom. The van der Waals surface area contributed by atoms with E-state index in [-0.39, 0.29) is 18.3 Å². The van der Waals surface area contributed by atoms with Gasteiger partial charge in [0, 0.05) is 12.6 Å². The maximum absolute atomic E-state index is 13.4. The Bertz CT molecular complexity index is 1170. The standard InChI is InChI=1S/C24H29F4N3O4S/c1-5-16(2)29-23(33)17(3)30(14-18-9-11-20(25)12-10-18)22(32)15-31(36(4,34)35)21-8-6-7-19(13-21)24(26,27)28/h6-13,16-17H,5,14-15H2,1-4H3,(H,29,33)/t16-,17-/m0/s1. The summed E-state index contributed by atoms with van der Waals surface area (Å²) < 4.78 is 78.5. The van der Waals surface area contributed by atoms with Gasteiger partial charge in [0.05, 0.1) is 17.5 Å². The van der Waals surface area contributed by atoms with E-state index >= 15 is 0 Å². The molecule has 0 bridgehead atoms. The van der Waals surface area contributed by atoms with E-state index in [1.54, 1.807) is 6.92 Å². The predicted molar refractivity (Wildman–Crippen MR) is 128 cm³/mol. The molecule has 0 radical (unpaired) electrons. The van der Waals surface area contributed by atoms with Crippen molar-refractivity contribution in [3.63, 3.8) is 0 Å². The highest BCUT2D eigenvalue weighted by Gasteiger charge is 2.33. The molecule has 0 aliphatic heterocycles. The Kier molecular flexibility index (Phi) is 9.47. The summed E-state index contributed by atoms with van der Waals surface area (Å²) in [6.45, 7) is 4.08. The first-order chi connectivity index (χ1) is 16.6. The first-order valence-corrected chi connectivity index (χ1v) is 13.0. The Balaban J connectivity index is 2.43. The van der Waals surface area contributed by atoms with Crippen molar-refractivity contribution in [2.45, 2.75) is 52.0 Å². The number of hydrogen-bond acceptors (Lipinski definition) is 4. The molecule has 0 unspecified atom stereocenters. The summed E-state index contributed by atoms with van der Waals surface area (Å²) in [5, 5.41) is 2.75. The molecule has 0 aromatic heterocycles. The second-order valence-corrected chi connectivity index (χ2v) is 10.4. The molecule has 2 rings (SSSR count). The van der Waals surface area contributed by atoms with Crippen molar-refractivity contribution in [2.75, 3.05) is 17.1 Å². The van der Waals surface area contributed by atoms with Crippen LogP contribution in [0.2, 0.25) is 0 Å². The molecule has 36 heavy (non-hydrogen) atoms. The van der Waals surface area contributed by atoms with Crippen molar-refractivity contribution in [3.8, 4) is 0 Å². The van der Waals surface area contributed by atoms with Crippen LogP contribution in [0.25, 0.3) is 0 Å². The van der Waals surface area contributed by atoms with Crippen LogP contribution in [-0.2, 0) is 32.3 Å². The van der Waals surface area contributed by atoms with Gasteiger partial charge in [0.15, 0.2) is 0 Å². The lowest BCUT2D eigenvalue weighted by molar-refractivity contribution is -0.139. The van der Waals surface area contributed by atoms with Gasteiger partial charge in [0.25, 0.3) is 0 Å². The molecule has 2 atom stereocenters. The molecule has 2 amide bonds. The average Bonchev–Trinajstić information content (AvgIpc) is 2.80. The third kappa shape index (κ3) is 7.94. The lowest BCUT2D eigenvalue weighted by Gasteiger charge is -2.32. The minimum absolute atomic E-state index is 0.158. The molecule has 1 N–H and O–H groups in total. The molecule has 0 heterocycles. The summed E-state index contributed by atoms with van der Waals surface area (Å²) in [5.74, 6) is -1.83. The molecular formula is C24H29F4N3O4S. The second-order valence-electron chi connectivity index (χ2n) is 8.46. The van der Waals surface area contributed by atoms with Gasteiger partial charge >= 0.3 is 6.18 Å². The minimum Gasteiger partial charge on any atom is -0.352 e. The van der Waals surface area contributed by atoms with Crippen molar-refractivity contribution in [2.24, 2.45) is 0 Å². The first kappa shape index (κ1) is 29.1. The number of carbonyl (C=O) groups excluding carboxylic acids is 2. The van der Waals surface area contributed by atoms with Gasteiger partial charge in [-0.1, -0.05) is 25.1 Å². The number of anilines is 1. The molecule has 2 aromatic rings. The van der Waals surface area contributed by atoms with Crippen LogP contribution in [0.5, 0.6) is 0 Å². The molecule has 0 aliphatic carbocycles. The number of carbonyl (C=O) groups is 2. The number of rotatable bonds is 10. The number of amides is 2. The molecule has 12 heteroatoms. The van der Waals surface area contributed by atoms with E-state index in [0.29, 0.717) is 22.4 Å². The zero-order valence-electron chi connectivity index (χ0n) is 20.3. The summed E-state index contributed by atoms with van der Waals surface area (Å²) in [6.07, 6.45) is -3.33. The van der Waals surface area contributed by atoms with Crippen LogP contribution in [-0.4, -0.2) is 50.0 Å². The van der Waals surface area contributed by atoms with Crippen molar-refractivity contribution in [1.82, 2.24) is 10.2 Å². The van der Waals surface area contributed by atoms with E-state index in [1.165, 1.54) is 31.2 Å². The van der Waals surface area contributed by atoms with Gasteiger partial charge in [-0.2, -0.15) is 13.2 Å². The van der Waals surface area contributed by atoms with Gasteiger partial charge in [-0.05, 0) is 56.2 Å². The van der Waals surface area contributed by atoms with Gasteiger partial charge in [0.2, 0.25) is 21.8 Å². The average molecular weight is 532 g/mol. The fourth-order valence-electron chi connectivity index (χ4n) is 3.29. The molecule has 2 aromatic carbocycles. The Hall–Kier alpha value is -3.15. The number of sulfonamides is 1. The van der Waals surface area contributed by atoms with Crippen LogP contribution in [0.3, 0.4) is 0 Å². The van der Waals surface area contributed by atoms with Crippen LogP contribution in [0.1, 0.15) is 38.3 Å². The van der Waals surface area contributed by atoms with Gasteiger partial charge in [0.1, 0.15) is 18.4 Å². The lowest BCUT2D eigenvalue weighted by Crippen LogP contribution is -2.52. The SMILES string of the molecule is CC[C@H](C)NC(=O)[C@H](C)N(Cc1ccc(F)cc1)C(=O)CN(c1cccc(C(F)(F)F)c1)S(C)(=O)=O. The largest absolute Gasteiger partial charge is 0.416 e. The van der Waals surface area contributed by atoms with Crippen LogP contribution in [0.15, 0.2) is 48.5 Å². The van der Waals surface area contributed by atoms with Crippen LogP contribution < -0.4 is 9.62 Å². The van der Waals surface area contributed by atoms with E-state index in [0.717, 1.165) is 29.4 Å². The van der Waals surface area contributed by atoms with Crippen molar-refractivity contribution < 1.29 is 35.6 Å². The summed E-state index contributed by atoms with van der Waals surface area (Å²) in [6, 6.07) is 7.53. The molecule has 0 saturated heterocycles. The van der Waals surface area contributed by atoms with Crippen molar-refractivity contribution >= 4 is 27.5 Å². The molecule has 198 valence electrons. The van der Waals surface area contributed by atoms with E-state index < -0.39 is 52.0 Å². The zero-order valence-corrected chi connectivity index (χ0v) is 21.2. The second kappa shape index (κ2) is 11.7. The van der Waals surface area contributed by atoms with Gasteiger partial charge in [-0.15, -0.1) is 0 Å². The summed E-state index contributed by atoms with van der Waals surface area (Å²) in [7, 11) is -4.19. The van der Waals surface area contributed by atoms with Crippen LogP contribution in [0.4, 0.5) is 23.2 Å². The number of hydrogen-bond donors (Lipinski definition) is 1. The number of alkyl halides is 3. The summed E-state index contributed by atoms with van der Waals surface area (Å²) in [5.41, 5.74) is -0.956. The molecule has 7 nitrogen and oxygen atoms in total. The van der Waals surface area contributed by atoms with Crippen molar-refractivity contribution in [1.29, 1.82) is 0 Å². The maximum Gasteiger partial charge on any atom is 0.416 e. The smallest absolute Gasteiger partial charge is 0.352 e. The van der Waals surface area contributed by atoms with Crippen molar-refractivity contribution in [3.05, 3.63) is 65.5 Å². The van der Waals surface area contributed by atoms with Gasteiger partial charge in [-0.25, -0.2) is 12.8 Å². The monoisotopic (exact) mass is 531 g/mol. The van der Waals surface area contributed by atoms with E-state index in [2.05, 4.69) is 5.32 Å². The molecule has 0 spiro atoms. The molecule has 0 aliphatic rings. The Morgan fingerprint density at radius 2 is 1.67 bits per heavy atom. The fraction of sp³-hybridized carbons (Fsp3) is 0.417. The predicted octanol–water partition coefficient (Wildman–Crippen LogP) is 3.94. The van der Waals surface area contributed by atoms with Gasteiger partial charge < -0.3 is 10.2 Å². The lowest BCUT2D eigenvalue weighted by atomic mass is 10.1. The Labute approximate surface area is 208 Å². The number of nitrogens with one attached hydrogen (secondary N) is 1. The summed E-state index contributed by atoms with van der Waals surface area (Å²) >= 11 is 0. The van der Waals surface area contributed by atoms with Crippen LogP contribution >= 0.6 is 0 Å². The highest BCUT2D eigenvalue weighted by Crippen LogP contribution is 2.32. The van der Waals surface area contributed by atoms with Gasteiger partial charge in [-0.3, -0.25) is 13.9 Å². The fourth-order valence-corrected chi connectivity index (χ4v) is 4.13. The van der Waals surface area contributed by atoms with Crippen LogP contribution in [0, 0.1) is 5.82 Å². The third-order valence-corrected chi connectivity index (χ3v) is 6.72. The van der Waals surface area contributed by atoms with E-state index in [4.69, 9.17) is 0 Å². The van der Waals surface area contributed by atoms with E-state index in [9.17, 15) is 35.6 Å². The molecule has 0 fully saturated rings.